The highest BCUT2D eigenvalue weighted by molar-refractivity contribution is 6.31. The normalized spacial score (nSPS) is 16.8. The Balaban J connectivity index is 1.76. The van der Waals surface area contributed by atoms with Gasteiger partial charge in [-0.2, -0.15) is 0 Å². The fourth-order valence-electron chi connectivity index (χ4n) is 4.03. The van der Waals surface area contributed by atoms with E-state index in [1.807, 2.05) is 42.5 Å². The van der Waals surface area contributed by atoms with Gasteiger partial charge in [0.1, 0.15) is 0 Å². The molecule has 1 aliphatic rings. The number of aromatic nitrogens is 3. The molecule has 5 rings (SSSR count). The van der Waals surface area contributed by atoms with E-state index in [9.17, 15) is 9.90 Å². The van der Waals surface area contributed by atoms with Crippen LogP contribution in [0.1, 0.15) is 24.0 Å². The Morgan fingerprint density at radius 2 is 1.97 bits per heavy atom. The maximum Gasteiger partial charge on any atom is 0.266 e. The van der Waals surface area contributed by atoms with E-state index in [1.165, 1.54) is 0 Å². The van der Waals surface area contributed by atoms with Gasteiger partial charge in [-0.1, -0.05) is 41.9 Å². The first-order valence-electron chi connectivity index (χ1n) is 9.70. The van der Waals surface area contributed by atoms with Crippen molar-refractivity contribution in [2.75, 3.05) is 6.61 Å². The molecule has 29 heavy (non-hydrogen) atoms. The van der Waals surface area contributed by atoms with Gasteiger partial charge in [0.2, 0.25) is 11.7 Å². The summed E-state index contributed by atoms with van der Waals surface area (Å²) in [6.45, 7) is 1.15. The lowest BCUT2D eigenvalue weighted by molar-refractivity contribution is 0.0953. The summed E-state index contributed by atoms with van der Waals surface area (Å²) in [7, 11) is 0. The predicted molar refractivity (Wildman–Crippen MR) is 112 cm³/mol. The van der Waals surface area contributed by atoms with Crippen molar-refractivity contribution in [3.8, 4) is 5.88 Å². The molecule has 0 bridgehead atoms. The van der Waals surface area contributed by atoms with Crippen molar-refractivity contribution < 1.29 is 9.84 Å². The third kappa shape index (κ3) is 3.09. The van der Waals surface area contributed by atoms with Gasteiger partial charge in [0.15, 0.2) is 0 Å². The molecule has 6 nitrogen and oxygen atoms in total. The van der Waals surface area contributed by atoms with E-state index in [0.29, 0.717) is 40.5 Å². The lowest BCUT2D eigenvalue weighted by Crippen LogP contribution is -2.26. The molecular formula is C22H20ClN3O3. The molecular weight excluding hydrogens is 390 g/mol. The summed E-state index contributed by atoms with van der Waals surface area (Å²) in [5, 5.41) is 11.7. The van der Waals surface area contributed by atoms with Gasteiger partial charge < -0.3 is 9.84 Å². The van der Waals surface area contributed by atoms with Gasteiger partial charge in [-0.25, -0.2) is 9.38 Å². The Hall–Kier alpha value is -2.83. The van der Waals surface area contributed by atoms with Gasteiger partial charge in [0, 0.05) is 18.1 Å². The molecule has 2 aromatic carbocycles. The SMILES string of the molecule is O=c1c(Cc2ccccc2Cl)c(O)n(CC2CCCO2)c2nc3ccccc3n12. The molecule has 1 atom stereocenters. The van der Waals surface area contributed by atoms with Gasteiger partial charge >= 0.3 is 0 Å². The Morgan fingerprint density at radius 1 is 1.17 bits per heavy atom. The Labute approximate surface area is 171 Å². The second-order valence-electron chi connectivity index (χ2n) is 7.36. The Bertz CT molecular complexity index is 1270. The van der Waals surface area contributed by atoms with Crippen LogP contribution >= 0.6 is 11.6 Å². The van der Waals surface area contributed by atoms with Crippen LogP contribution in [-0.4, -0.2) is 31.8 Å². The number of rotatable bonds is 4. The number of hydrogen-bond acceptors (Lipinski definition) is 4. The number of ether oxygens (including phenoxy) is 1. The van der Waals surface area contributed by atoms with Crippen molar-refractivity contribution in [1.29, 1.82) is 0 Å². The van der Waals surface area contributed by atoms with Crippen LogP contribution in [0.4, 0.5) is 0 Å². The standard InChI is InChI=1S/C22H20ClN3O3/c23-17-8-2-1-6-14(17)12-16-20(27)25(13-15-7-5-11-29-15)22-24-18-9-3-4-10-19(18)26(22)21(16)28/h1-4,6,8-10,15,27H,5,7,11-13H2. The van der Waals surface area contributed by atoms with E-state index in [1.54, 1.807) is 15.0 Å². The first-order chi connectivity index (χ1) is 14.1. The predicted octanol–water partition coefficient (Wildman–Crippen LogP) is 3.78. The summed E-state index contributed by atoms with van der Waals surface area (Å²) in [6, 6.07) is 14.8. The van der Waals surface area contributed by atoms with Crippen molar-refractivity contribution in [2.24, 2.45) is 0 Å². The molecule has 0 saturated carbocycles. The number of nitrogens with zero attached hydrogens (tertiary/aromatic N) is 3. The first-order valence-corrected chi connectivity index (χ1v) is 10.1. The molecule has 0 spiro atoms. The average Bonchev–Trinajstić information content (AvgIpc) is 3.37. The molecule has 1 saturated heterocycles. The Morgan fingerprint density at radius 3 is 2.76 bits per heavy atom. The van der Waals surface area contributed by atoms with Crippen molar-refractivity contribution in [3.05, 3.63) is 75.0 Å². The molecule has 0 radical (unpaired) electrons. The zero-order valence-corrected chi connectivity index (χ0v) is 16.5. The third-order valence-electron chi connectivity index (χ3n) is 5.51. The molecule has 148 valence electrons. The average molecular weight is 410 g/mol. The van der Waals surface area contributed by atoms with E-state index in [4.69, 9.17) is 16.3 Å². The summed E-state index contributed by atoms with van der Waals surface area (Å²) in [5.74, 6) is 0.348. The zero-order valence-electron chi connectivity index (χ0n) is 15.7. The number of benzene rings is 2. The van der Waals surface area contributed by atoms with Crippen LogP contribution in [0.25, 0.3) is 16.8 Å². The van der Waals surface area contributed by atoms with Gasteiger partial charge in [-0.3, -0.25) is 9.36 Å². The fourth-order valence-corrected chi connectivity index (χ4v) is 4.23. The van der Waals surface area contributed by atoms with E-state index in [-0.39, 0.29) is 24.0 Å². The maximum absolute atomic E-state index is 13.4. The minimum atomic E-state index is -0.283. The molecule has 0 amide bonds. The topological polar surface area (TPSA) is 68.8 Å². The molecule has 1 unspecified atom stereocenters. The summed E-state index contributed by atoms with van der Waals surface area (Å²) in [4.78, 5) is 18.0. The number of para-hydroxylation sites is 2. The van der Waals surface area contributed by atoms with Crippen LogP contribution in [0, 0.1) is 0 Å². The molecule has 2 aromatic heterocycles. The van der Waals surface area contributed by atoms with Crippen molar-refractivity contribution in [2.45, 2.75) is 31.9 Å². The third-order valence-corrected chi connectivity index (χ3v) is 5.88. The smallest absolute Gasteiger partial charge is 0.266 e. The van der Waals surface area contributed by atoms with Crippen LogP contribution in [0.5, 0.6) is 5.88 Å². The summed E-state index contributed by atoms with van der Waals surface area (Å²) < 4.78 is 9.05. The summed E-state index contributed by atoms with van der Waals surface area (Å²) >= 11 is 6.32. The van der Waals surface area contributed by atoms with Crippen LogP contribution in [-0.2, 0) is 17.7 Å². The molecule has 4 aromatic rings. The second kappa shape index (κ2) is 7.21. The quantitative estimate of drug-likeness (QED) is 0.557. The highest BCUT2D eigenvalue weighted by Crippen LogP contribution is 2.27. The van der Waals surface area contributed by atoms with Crippen molar-refractivity contribution in [3.63, 3.8) is 0 Å². The molecule has 3 heterocycles. The minimum absolute atomic E-state index is 0.0137. The van der Waals surface area contributed by atoms with E-state index in [2.05, 4.69) is 4.98 Å². The van der Waals surface area contributed by atoms with Gasteiger partial charge in [0.25, 0.3) is 5.56 Å². The molecule has 1 N–H and O–H groups in total. The van der Waals surface area contributed by atoms with Crippen LogP contribution in [0.15, 0.2) is 53.3 Å². The first kappa shape index (κ1) is 18.2. The maximum atomic E-state index is 13.4. The van der Waals surface area contributed by atoms with Crippen LogP contribution in [0.2, 0.25) is 5.02 Å². The minimum Gasteiger partial charge on any atom is -0.494 e. The Kier molecular flexibility index (Phi) is 4.53. The number of imidazole rings is 1. The number of fused-ring (bicyclic) bond motifs is 3. The van der Waals surface area contributed by atoms with Gasteiger partial charge in [-0.05, 0) is 36.6 Å². The van der Waals surface area contributed by atoms with Crippen LogP contribution in [0.3, 0.4) is 0 Å². The molecule has 7 heteroatoms. The summed E-state index contributed by atoms with van der Waals surface area (Å²) in [6.07, 6.45) is 2.13. The largest absolute Gasteiger partial charge is 0.494 e. The zero-order chi connectivity index (χ0) is 20.0. The number of aromatic hydroxyl groups is 1. The van der Waals surface area contributed by atoms with E-state index >= 15 is 0 Å². The van der Waals surface area contributed by atoms with Gasteiger partial charge in [0.05, 0.1) is 29.2 Å². The van der Waals surface area contributed by atoms with E-state index in [0.717, 1.165) is 18.4 Å². The highest BCUT2D eigenvalue weighted by atomic mass is 35.5. The summed E-state index contributed by atoms with van der Waals surface area (Å²) in [5.41, 5.74) is 2.23. The fraction of sp³-hybridized carbons (Fsp3) is 0.273. The second-order valence-corrected chi connectivity index (χ2v) is 7.76. The molecule has 0 aliphatic carbocycles. The van der Waals surface area contributed by atoms with Crippen molar-refractivity contribution >= 4 is 28.4 Å². The monoisotopic (exact) mass is 409 g/mol. The lowest BCUT2D eigenvalue weighted by Gasteiger charge is -2.18. The highest BCUT2D eigenvalue weighted by Gasteiger charge is 2.24. The van der Waals surface area contributed by atoms with Crippen molar-refractivity contribution in [1.82, 2.24) is 14.0 Å². The number of halogens is 1. The molecule has 1 aliphatic heterocycles. The lowest BCUT2D eigenvalue weighted by atomic mass is 10.1. The van der Waals surface area contributed by atoms with Gasteiger partial charge in [-0.15, -0.1) is 0 Å². The number of hydrogen-bond donors (Lipinski definition) is 1. The van der Waals surface area contributed by atoms with E-state index < -0.39 is 0 Å². The molecule has 1 fully saturated rings. The van der Waals surface area contributed by atoms with Crippen LogP contribution < -0.4 is 5.56 Å².